The molecule has 122 valence electrons. The fraction of sp³-hybridized carbons (Fsp3) is 0.833. The van der Waals surface area contributed by atoms with Crippen molar-refractivity contribution < 1.29 is 0 Å². The molecular formula is C18H35N3. The van der Waals surface area contributed by atoms with Crippen LogP contribution >= 0.6 is 0 Å². The third-order valence-corrected chi connectivity index (χ3v) is 4.32. The van der Waals surface area contributed by atoms with Crippen LogP contribution in [0.1, 0.15) is 77.8 Å². The number of nitrogens with zero attached hydrogens (tertiary/aromatic N) is 3. The second-order valence-corrected chi connectivity index (χ2v) is 5.82. The van der Waals surface area contributed by atoms with E-state index in [0.717, 1.165) is 6.42 Å². The molecule has 0 unspecified atom stereocenters. The molecule has 0 saturated carbocycles. The minimum absolute atomic E-state index is 0.632. The van der Waals surface area contributed by atoms with E-state index in [1.54, 1.807) is 0 Å². The van der Waals surface area contributed by atoms with Crippen molar-refractivity contribution in [2.45, 2.75) is 78.7 Å². The van der Waals surface area contributed by atoms with Crippen LogP contribution in [-0.4, -0.2) is 34.3 Å². The molecule has 0 aromatic carbocycles. The van der Waals surface area contributed by atoms with Crippen molar-refractivity contribution in [1.29, 1.82) is 0 Å². The summed E-state index contributed by atoms with van der Waals surface area (Å²) in [6, 6.07) is 0.632. The summed E-state index contributed by atoms with van der Waals surface area (Å²) in [5.41, 5.74) is 1.36. The normalized spacial score (nSPS) is 16.6. The minimum atomic E-state index is 0.632. The van der Waals surface area contributed by atoms with Gasteiger partial charge in [0.2, 0.25) is 0 Å². The van der Waals surface area contributed by atoms with Crippen LogP contribution in [0.5, 0.6) is 0 Å². The van der Waals surface area contributed by atoms with E-state index < -0.39 is 0 Å². The summed E-state index contributed by atoms with van der Waals surface area (Å²) in [7, 11) is 0. The van der Waals surface area contributed by atoms with Gasteiger partial charge < -0.3 is 4.90 Å². The lowest BCUT2D eigenvalue weighted by Crippen LogP contribution is -2.35. The zero-order valence-corrected chi connectivity index (χ0v) is 14.6. The van der Waals surface area contributed by atoms with Crippen molar-refractivity contribution >= 4 is 0 Å². The van der Waals surface area contributed by atoms with Gasteiger partial charge in [0.25, 0.3) is 0 Å². The van der Waals surface area contributed by atoms with Gasteiger partial charge in [-0.05, 0) is 37.8 Å². The summed E-state index contributed by atoms with van der Waals surface area (Å²) < 4.78 is 2.20. The molecule has 0 amide bonds. The Balaban J connectivity index is 0.00000106. The highest BCUT2D eigenvalue weighted by Crippen LogP contribution is 2.22. The first-order valence-electron chi connectivity index (χ1n) is 9.08. The Kier molecular flexibility index (Phi) is 9.40. The SMILES string of the molecule is CC.CCCCCCN1CCC(n2cc(CC)cn2)CC1. The number of likely N-dealkylation sites (tertiary alicyclic amines) is 1. The molecule has 0 atom stereocenters. The molecule has 1 aliphatic rings. The molecule has 3 nitrogen and oxygen atoms in total. The Morgan fingerprint density at radius 3 is 2.38 bits per heavy atom. The van der Waals surface area contributed by atoms with Crippen molar-refractivity contribution in [3.8, 4) is 0 Å². The van der Waals surface area contributed by atoms with Gasteiger partial charge in [-0.2, -0.15) is 5.10 Å². The summed E-state index contributed by atoms with van der Waals surface area (Å²) in [5.74, 6) is 0. The van der Waals surface area contributed by atoms with Gasteiger partial charge in [-0.25, -0.2) is 0 Å². The lowest BCUT2D eigenvalue weighted by molar-refractivity contribution is 0.177. The quantitative estimate of drug-likeness (QED) is 0.680. The molecule has 0 bridgehead atoms. The van der Waals surface area contributed by atoms with Gasteiger partial charge in [0.1, 0.15) is 0 Å². The summed E-state index contributed by atoms with van der Waals surface area (Å²) in [4.78, 5) is 2.64. The molecule has 1 saturated heterocycles. The van der Waals surface area contributed by atoms with E-state index in [4.69, 9.17) is 0 Å². The number of hydrogen-bond acceptors (Lipinski definition) is 2. The van der Waals surface area contributed by atoms with E-state index in [1.807, 2.05) is 20.0 Å². The van der Waals surface area contributed by atoms with E-state index >= 15 is 0 Å². The van der Waals surface area contributed by atoms with Gasteiger partial charge in [-0.15, -0.1) is 0 Å². The molecule has 0 radical (unpaired) electrons. The minimum Gasteiger partial charge on any atom is -0.303 e. The Labute approximate surface area is 131 Å². The van der Waals surface area contributed by atoms with Gasteiger partial charge in [0, 0.05) is 19.3 Å². The molecule has 1 aromatic heterocycles. The summed E-state index contributed by atoms with van der Waals surface area (Å²) in [5, 5.41) is 4.52. The summed E-state index contributed by atoms with van der Waals surface area (Å²) in [6.45, 7) is 12.3. The Morgan fingerprint density at radius 2 is 1.81 bits per heavy atom. The van der Waals surface area contributed by atoms with Crippen LogP contribution < -0.4 is 0 Å². The Morgan fingerprint density at radius 1 is 1.10 bits per heavy atom. The van der Waals surface area contributed by atoms with E-state index in [2.05, 4.69) is 34.7 Å². The van der Waals surface area contributed by atoms with Crippen molar-refractivity contribution in [2.24, 2.45) is 0 Å². The number of piperidine rings is 1. The second-order valence-electron chi connectivity index (χ2n) is 5.82. The van der Waals surface area contributed by atoms with Crippen LogP contribution in [0.4, 0.5) is 0 Å². The summed E-state index contributed by atoms with van der Waals surface area (Å²) >= 11 is 0. The number of unbranched alkanes of at least 4 members (excludes halogenated alkanes) is 3. The smallest absolute Gasteiger partial charge is 0.0543 e. The fourth-order valence-corrected chi connectivity index (χ4v) is 2.93. The van der Waals surface area contributed by atoms with Gasteiger partial charge in [0.05, 0.1) is 12.2 Å². The third kappa shape index (κ3) is 6.21. The molecule has 21 heavy (non-hydrogen) atoms. The van der Waals surface area contributed by atoms with E-state index in [9.17, 15) is 0 Å². The average Bonchev–Trinajstić information content (AvgIpc) is 3.03. The molecular weight excluding hydrogens is 258 g/mol. The fourth-order valence-electron chi connectivity index (χ4n) is 2.93. The molecule has 1 aliphatic heterocycles. The second kappa shape index (κ2) is 10.8. The molecule has 0 spiro atoms. The number of aryl methyl sites for hydroxylation is 1. The van der Waals surface area contributed by atoms with Gasteiger partial charge in [-0.3, -0.25) is 4.68 Å². The van der Waals surface area contributed by atoms with Gasteiger partial charge in [-0.1, -0.05) is 47.0 Å². The van der Waals surface area contributed by atoms with Crippen molar-refractivity contribution in [3.63, 3.8) is 0 Å². The van der Waals surface area contributed by atoms with Crippen LogP contribution in [0.25, 0.3) is 0 Å². The van der Waals surface area contributed by atoms with E-state index in [0.29, 0.717) is 6.04 Å². The molecule has 2 rings (SSSR count). The third-order valence-electron chi connectivity index (χ3n) is 4.32. The molecule has 1 fully saturated rings. The van der Waals surface area contributed by atoms with Crippen molar-refractivity contribution in [3.05, 3.63) is 18.0 Å². The van der Waals surface area contributed by atoms with E-state index in [-0.39, 0.29) is 0 Å². The molecule has 2 heterocycles. The monoisotopic (exact) mass is 293 g/mol. The highest BCUT2D eigenvalue weighted by Gasteiger charge is 2.20. The van der Waals surface area contributed by atoms with Crippen LogP contribution in [-0.2, 0) is 6.42 Å². The average molecular weight is 293 g/mol. The molecule has 3 heteroatoms. The van der Waals surface area contributed by atoms with Crippen LogP contribution in [0.2, 0.25) is 0 Å². The predicted octanol–water partition coefficient (Wildman–Crippen LogP) is 4.69. The highest BCUT2D eigenvalue weighted by atomic mass is 15.3. The first-order chi connectivity index (χ1) is 10.3. The zero-order chi connectivity index (χ0) is 15.5. The van der Waals surface area contributed by atoms with Crippen LogP contribution in [0.3, 0.4) is 0 Å². The number of aromatic nitrogens is 2. The number of rotatable bonds is 7. The lowest BCUT2D eigenvalue weighted by atomic mass is 10.0. The van der Waals surface area contributed by atoms with Crippen molar-refractivity contribution in [2.75, 3.05) is 19.6 Å². The van der Waals surface area contributed by atoms with Crippen LogP contribution in [0.15, 0.2) is 12.4 Å². The topological polar surface area (TPSA) is 21.1 Å². The lowest BCUT2D eigenvalue weighted by Gasteiger charge is -2.32. The molecule has 0 N–H and O–H groups in total. The molecule has 0 aliphatic carbocycles. The maximum Gasteiger partial charge on any atom is 0.0543 e. The van der Waals surface area contributed by atoms with Gasteiger partial charge >= 0.3 is 0 Å². The predicted molar refractivity (Wildman–Crippen MR) is 91.8 cm³/mol. The van der Waals surface area contributed by atoms with Crippen LogP contribution in [0, 0.1) is 0 Å². The Hall–Kier alpha value is -0.830. The van der Waals surface area contributed by atoms with Gasteiger partial charge in [0.15, 0.2) is 0 Å². The first-order valence-corrected chi connectivity index (χ1v) is 9.08. The summed E-state index contributed by atoms with van der Waals surface area (Å²) in [6.07, 6.45) is 13.4. The number of hydrogen-bond donors (Lipinski definition) is 0. The largest absolute Gasteiger partial charge is 0.303 e. The maximum atomic E-state index is 4.52. The molecule has 1 aromatic rings. The standard InChI is InChI=1S/C16H29N3.C2H6/c1-3-5-6-7-10-18-11-8-16(9-12-18)19-14-15(4-2)13-17-19;1-2/h13-14,16H,3-12H2,1-2H3;1-2H3. The highest BCUT2D eigenvalue weighted by molar-refractivity contribution is 5.04. The Bertz CT molecular complexity index is 351. The zero-order valence-electron chi connectivity index (χ0n) is 14.6. The maximum absolute atomic E-state index is 4.52. The first kappa shape index (κ1) is 18.2. The van der Waals surface area contributed by atoms with Crippen molar-refractivity contribution in [1.82, 2.24) is 14.7 Å². The van der Waals surface area contributed by atoms with E-state index in [1.165, 1.54) is 63.7 Å².